The van der Waals surface area contributed by atoms with E-state index in [0.29, 0.717) is 30.2 Å². The van der Waals surface area contributed by atoms with E-state index in [1.54, 1.807) is 30.6 Å². The Bertz CT molecular complexity index is 1170. The van der Waals surface area contributed by atoms with Crippen LogP contribution in [0.2, 0.25) is 0 Å². The highest BCUT2D eigenvalue weighted by atomic mass is 19.1. The number of hydrogen-bond donors (Lipinski definition) is 1. The number of aromatic amines is 1. The number of anilines is 1. The zero-order valence-electron chi connectivity index (χ0n) is 15.4. The molecule has 5 rings (SSSR count). The second kappa shape index (κ2) is 7.21. The highest BCUT2D eigenvalue weighted by molar-refractivity contribution is 5.95. The van der Waals surface area contributed by atoms with Crippen molar-refractivity contribution in [1.29, 1.82) is 0 Å². The third-order valence-corrected chi connectivity index (χ3v) is 5.01. The number of nitrogens with zero attached hydrogens (tertiary/aromatic N) is 4. The number of morpholine rings is 1. The second-order valence-corrected chi connectivity index (χ2v) is 6.79. The molecule has 0 atom stereocenters. The molecule has 29 heavy (non-hydrogen) atoms. The molecule has 1 saturated heterocycles. The summed E-state index contributed by atoms with van der Waals surface area (Å²) in [4.78, 5) is 11.1. The zero-order chi connectivity index (χ0) is 19.8. The molecule has 0 unspecified atom stereocenters. The van der Waals surface area contributed by atoms with Crippen molar-refractivity contribution in [2.75, 3.05) is 31.2 Å². The molecule has 8 heteroatoms. The fraction of sp³-hybridized carbons (Fsp3) is 0.190. The van der Waals surface area contributed by atoms with Gasteiger partial charge in [-0.25, -0.2) is 13.8 Å². The van der Waals surface area contributed by atoms with Crippen LogP contribution >= 0.6 is 0 Å². The van der Waals surface area contributed by atoms with E-state index in [-0.39, 0.29) is 5.56 Å². The van der Waals surface area contributed by atoms with Crippen molar-refractivity contribution in [3.05, 3.63) is 60.4 Å². The average molecular weight is 393 g/mol. The van der Waals surface area contributed by atoms with Crippen LogP contribution in [-0.2, 0) is 4.74 Å². The minimum absolute atomic E-state index is 0.0605. The maximum Gasteiger partial charge on any atom is 0.148 e. The number of halogens is 2. The Morgan fingerprint density at radius 1 is 1.00 bits per heavy atom. The SMILES string of the molecule is Fc1cccc(F)c1-c1ccc2[nH]nc(-c3cncc(N4CCOCC4)n3)c2c1. The first kappa shape index (κ1) is 17.7. The topological polar surface area (TPSA) is 66.9 Å². The van der Waals surface area contributed by atoms with Gasteiger partial charge >= 0.3 is 0 Å². The number of benzene rings is 2. The van der Waals surface area contributed by atoms with Gasteiger partial charge in [0, 0.05) is 18.5 Å². The third kappa shape index (κ3) is 3.21. The number of rotatable bonds is 3. The molecule has 1 N–H and O–H groups in total. The van der Waals surface area contributed by atoms with Gasteiger partial charge in [0.15, 0.2) is 0 Å². The molecule has 0 bridgehead atoms. The van der Waals surface area contributed by atoms with Crippen LogP contribution in [0.5, 0.6) is 0 Å². The Morgan fingerprint density at radius 3 is 2.59 bits per heavy atom. The molecule has 3 heterocycles. The first-order valence-corrected chi connectivity index (χ1v) is 9.28. The quantitative estimate of drug-likeness (QED) is 0.574. The lowest BCUT2D eigenvalue weighted by molar-refractivity contribution is 0.122. The Kier molecular flexibility index (Phi) is 4.40. The highest BCUT2D eigenvalue weighted by Gasteiger charge is 2.17. The van der Waals surface area contributed by atoms with Crippen LogP contribution in [0.1, 0.15) is 0 Å². The van der Waals surface area contributed by atoms with Crippen molar-refractivity contribution in [2.45, 2.75) is 0 Å². The van der Waals surface area contributed by atoms with Gasteiger partial charge in [0.2, 0.25) is 0 Å². The molecule has 0 spiro atoms. The summed E-state index contributed by atoms with van der Waals surface area (Å²) in [6.07, 6.45) is 3.35. The van der Waals surface area contributed by atoms with Crippen LogP contribution in [0.25, 0.3) is 33.4 Å². The largest absolute Gasteiger partial charge is 0.378 e. The summed E-state index contributed by atoms with van der Waals surface area (Å²) in [5.41, 5.74) is 2.30. The molecule has 0 amide bonds. The molecule has 4 aromatic rings. The summed E-state index contributed by atoms with van der Waals surface area (Å²) in [7, 11) is 0. The molecular weight excluding hydrogens is 376 g/mol. The summed E-state index contributed by atoms with van der Waals surface area (Å²) in [5.74, 6) is -0.467. The van der Waals surface area contributed by atoms with Gasteiger partial charge in [-0.15, -0.1) is 0 Å². The van der Waals surface area contributed by atoms with Crippen molar-refractivity contribution in [3.8, 4) is 22.5 Å². The summed E-state index contributed by atoms with van der Waals surface area (Å²) < 4.78 is 33.9. The summed E-state index contributed by atoms with van der Waals surface area (Å²) in [5, 5.41) is 8.05. The minimum atomic E-state index is -0.608. The number of ether oxygens (including phenoxy) is 1. The number of H-pyrrole nitrogens is 1. The monoisotopic (exact) mass is 393 g/mol. The van der Waals surface area contributed by atoms with Gasteiger partial charge < -0.3 is 9.64 Å². The normalized spacial score (nSPS) is 14.5. The highest BCUT2D eigenvalue weighted by Crippen LogP contribution is 2.32. The van der Waals surface area contributed by atoms with E-state index < -0.39 is 11.6 Å². The average Bonchev–Trinajstić information content (AvgIpc) is 3.18. The Balaban J connectivity index is 1.59. The van der Waals surface area contributed by atoms with Crippen LogP contribution in [0.15, 0.2) is 48.8 Å². The van der Waals surface area contributed by atoms with E-state index in [2.05, 4.69) is 20.1 Å². The van der Waals surface area contributed by atoms with E-state index in [9.17, 15) is 8.78 Å². The maximum absolute atomic E-state index is 14.2. The van der Waals surface area contributed by atoms with Crippen LogP contribution < -0.4 is 4.90 Å². The van der Waals surface area contributed by atoms with Gasteiger partial charge in [0.05, 0.1) is 36.7 Å². The third-order valence-electron chi connectivity index (χ3n) is 5.01. The van der Waals surface area contributed by atoms with E-state index in [0.717, 1.165) is 29.8 Å². The van der Waals surface area contributed by atoms with Gasteiger partial charge in [0.1, 0.15) is 28.8 Å². The molecule has 0 saturated carbocycles. The fourth-order valence-electron chi connectivity index (χ4n) is 3.55. The lowest BCUT2D eigenvalue weighted by Gasteiger charge is -2.27. The van der Waals surface area contributed by atoms with Gasteiger partial charge in [0.25, 0.3) is 0 Å². The van der Waals surface area contributed by atoms with Gasteiger partial charge in [-0.3, -0.25) is 10.1 Å². The van der Waals surface area contributed by atoms with E-state index in [1.165, 1.54) is 18.2 Å². The standard InChI is InChI=1S/C21H17F2N5O/c22-15-2-1-3-16(23)20(15)13-4-5-17-14(10-13)21(27-26-17)18-11-24-12-19(25-18)28-6-8-29-9-7-28/h1-5,10-12H,6-9H2,(H,26,27). The predicted octanol–water partition coefficient (Wildman–Crippen LogP) is 3.80. The zero-order valence-corrected chi connectivity index (χ0v) is 15.4. The first-order valence-electron chi connectivity index (χ1n) is 9.28. The molecule has 2 aromatic carbocycles. The van der Waals surface area contributed by atoms with Gasteiger partial charge in [-0.1, -0.05) is 12.1 Å². The number of hydrogen-bond acceptors (Lipinski definition) is 5. The van der Waals surface area contributed by atoms with Crippen molar-refractivity contribution < 1.29 is 13.5 Å². The van der Waals surface area contributed by atoms with E-state index >= 15 is 0 Å². The van der Waals surface area contributed by atoms with Gasteiger partial charge in [-0.2, -0.15) is 5.10 Å². The molecule has 1 fully saturated rings. The molecule has 146 valence electrons. The van der Waals surface area contributed by atoms with Gasteiger partial charge in [-0.05, 0) is 29.8 Å². The van der Waals surface area contributed by atoms with Crippen LogP contribution in [0, 0.1) is 11.6 Å². The summed E-state index contributed by atoms with van der Waals surface area (Å²) in [6.45, 7) is 2.79. The lowest BCUT2D eigenvalue weighted by atomic mass is 10.0. The first-order chi connectivity index (χ1) is 14.2. The Labute approximate surface area is 165 Å². The molecule has 1 aliphatic rings. The smallest absolute Gasteiger partial charge is 0.148 e. The molecule has 0 radical (unpaired) electrons. The van der Waals surface area contributed by atoms with Crippen molar-refractivity contribution in [2.24, 2.45) is 0 Å². The molecule has 6 nitrogen and oxygen atoms in total. The summed E-state index contributed by atoms with van der Waals surface area (Å²) >= 11 is 0. The molecule has 0 aliphatic carbocycles. The number of aromatic nitrogens is 4. The maximum atomic E-state index is 14.2. The molecule has 2 aromatic heterocycles. The molecular formula is C21H17F2N5O. The number of fused-ring (bicyclic) bond motifs is 1. The fourth-order valence-corrected chi connectivity index (χ4v) is 3.55. The van der Waals surface area contributed by atoms with Crippen molar-refractivity contribution >= 4 is 16.7 Å². The van der Waals surface area contributed by atoms with Crippen molar-refractivity contribution in [3.63, 3.8) is 0 Å². The number of nitrogens with one attached hydrogen (secondary N) is 1. The summed E-state index contributed by atoms with van der Waals surface area (Å²) in [6, 6.07) is 8.99. The Hall–Kier alpha value is -3.39. The molecule has 1 aliphatic heterocycles. The lowest BCUT2D eigenvalue weighted by Crippen LogP contribution is -2.36. The minimum Gasteiger partial charge on any atom is -0.378 e. The predicted molar refractivity (Wildman–Crippen MR) is 106 cm³/mol. The van der Waals surface area contributed by atoms with Crippen LogP contribution in [-0.4, -0.2) is 46.5 Å². The van der Waals surface area contributed by atoms with E-state index in [1.807, 2.05) is 0 Å². The van der Waals surface area contributed by atoms with Crippen molar-refractivity contribution in [1.82, 2.24) is 20.2 Å². The van der Waals surface area contributed by atoms with Crippen LogP contribution in [0.4, 0.5) is 14.6 Å². The van der Waals surface area contributed by atoms with E-state index in [4.69, 9.17) is 9.72 Å². The second-order valence-electron chi connectivity index (χ2n) is 6.79. The van der Waals surface area contributed by atoms with Crippen LogP contribution in [0.3, 0.4) is 0 Å². The Morgan fingerprint density at radius 2 is 1.79 bits per heavy atom.